The number of nitrogens with one attached hydrogen (secondary N) is 2. The molecule has 0 aliphatic heterocycles. The topological polar surface area (TPSA) is 48.0 Å². The molecule has 1 atom stereocenters. The molecule has 1 unspecified atom stereocenters. The van der Waals surface area contributed by atoms with Gasteiger partial charge in [0, 0.05) is 17.0 Å². The molecule has 74 valence electrons. The Morgan fingerprint density at radius 2 is 2.23 bits per heavy atom. The predicted molar refractivity (Wildman–Crippen MR) is 53.8 cm³/mol. The second-order valence-electron chi connectivity index (χ2n) is 3.44. The third kappa shape index (κ3) is 2.57. The molecule has 1 rings (SSSR count). The van der Waals surface area contributed by atoms with Crippen LogP contribution in [-0.2, 0) is 0 Å². The summed E-state index contributed by atoms with van der Waals surface area (Å²) in [7, 11) is 1.89. The summed E-state index contributed by atoms with van der Waals surface area (Å²) in [5.74, 6) is 0. The van der Waals surface area contributed by atoms with Crippen molar-refractivity contribution in [3.63, 3.8) is 0 Å². The van der Waals surface area contributed by atoms with E-state index in [9.17, 15) is 5.11 Å². The number of H-pyrrole nitrogens is 1. The molecule has 0 amide bonds. The average molecular weight is 182 g/mol. The number of aromatic amines is 1. The van der Waals surface area contributed by atoms with Gasteiger partial charge in [-0.15, -0.1) is 0 Å². The standard InChI is InChI=1S/C10H18N2O/c1-7-6-9(8(2)12-7)10(13)4-5-11-3/h6,10-13H,4-5H2,1-3H3. The fourth-order valence-corrected chi connectivity index (χ4v) is 1.53. The van der Waals surface area contributed by atoms with Gasteiger partial charge in [-0.3, -0.25) is 0 Å². The molecule has 1 aromatic heterocycles. The molecular formula is C10H18N2O. The summed E-state index contributed by atoms with van der Waals surface area (Å²) in [6.07, 6.45) is 0.409. The second-order valence-corrected chi connectivity index (χ2v) is 3.44. The Morgan fingerprint density at radius 1 is 1.54 bits per heavy atom. The molecular weight excluding hydrogens is 164 g/mol. The van der Waals surface area contributed by atoms with E-state index in [0.717, 1.165) is 29.9 Å². The molecule has 0 aliphatic rings. The van der Waals surface area contributed by atoms with Gasteiger partial charge in [0.25, 0.3) is 0 Å². The lowest BCUT2D eigenvalue weighted by Gasteiger charge is -2.09. The first kappa shape index (κ1) is 10.3. The third-order valence-corrected chi connectivity index (χ3v) is 2.22. The van der Waals surface area contributed by atoms with Crippen LogP contribution in [0.5, 0.6) is 0 Å². The summed E-state index contributed by atoms with van der Waals surface area (Å²) < 4.78 is 0. The van der Waals surface area contributed by atoms with Gasteiger partial charge in [-0.05, 0) is 39.9 Å². The molecule has 3 nitrogen and oxygen atoms in total. The first-order chi connectivity index (χ1) is 6.15. The van der Waals surface area contributed by atoms with Crippen molar-refractivity contribution in [1.29, 1.82) is 0 Å². The monoisotopic (exact) mass is 182 g/mol. The van der Waals surface area contributed by atoms with Gasteiger partial charge in [-0.2, -0.15) is 0 Å². The maximum absolute atomic E-state index is 9.79. The van der Waals surface area contributed by atoms with Gasteiger partial charge in [0.15, 0.2) is 0 Å². The van der Waals surface area contributed by atoms with Gasteiger partial charge in [-0.25, -0.2) is 0 Å². The van der Waals surface area contributed by atoms with Gasteiger partial charge in [-0.1, -0.05) is 0 Å². The molecule has 0 spiro atoms. The van der Waals surface area contributed by atoms with Crippen LogP contribution in [0.1, 0.15) is 29.5 Å². The molecule has 1 heterocycles. The van der Waals surface area contributed by atoms with Crippen molar-refractivity contribution in [1.82, 2.24) is 10.3 Å². The van der Waals surface area contributed by atoms with E-state index in [1.165, 1.54) is 0 Å². The molecule has 13 heavy (non-hydrogen) atoms. The van der Waals surface area contributed by atoms with Crippen LogP contribution in [0.3, 0.4) is 0 Å². The van der Waals surface area contributed by atoms with E-state index in [0.29, 0.717) is 0 Å². The highest BCUT2D eigenvalue weighted by atomic mass is 16.3. The van der Waals surface area contributed by atoms with E-state index >= 15 is 0 Å². The van der Waals surface area contributed by atoms with Crippen LogP contribution in [0.4, 0.5) is 0 Å². The number of hydrogen-bond donors (Lipinski definition) is 3. The number of aryl methyl sites for hydroxylation is 2. The van der Waals surface area contributed by atoms with Crippen LogP contribution in [0.2, 0.25) is 0 Å². The van der Waals surface area contributed by atoms with Crippen LogP contribution in [0.25, 0.3) is 0 Å². The molecule has 3 N–H and O–H groups in total. The van der Waals surface area contributed by atoms with Crippen LogP contribution in [0.15, 0.2) is 6.07 Å². The normalized spacial score (nSPS) is 13.2. The molecule has 0 fully saturated rings. The van der Waals surface area contributed by atoms with E-state index in [1.54, 1.807) is 0 Å². The number of hydrogen-bond acceptors (Lipinski definition) is 2. The van der Waals surface area contributed by atoms with Crippen LogP contribution in [0, 0.1) is 13.8 Å². The molecule has 0 saturated carbocycles. The average Bonchev–Trinajstić information content (AvgIpc) is 2.41. The van der Waals surface area contributed by atoms with Gasteiger partial charge in [0.1, 0.15) is 0 Å². The molecule has 0 bridgehead atoms. The van der Waals surface area contributed by atoms with E-state index in [2.05, 4.69) is 10.3 Å². The fraction of sp³-hybridized carbons (Fsp3) is 0.600. The molecule has 3 heteroatoms. The molecule has 0 radical (unpaired) electrons. The highest BCUT2D eigenvalue weighted by molar-refractivity contribution is 5.26. The van der Waals surface area contributed by atoms with Crippen molar-refractivity contribution in [3.05, 3.63) is 23.0 Å². The lowest BCUT2D eigenvalue weighted by molar-refractivity contribution is 0.167. The van der Waals surface area contributed by atoms with Crippen molar-refractivity contribution in [2.75, 3.05) is 13.6 Å². The number of aromatic nitrogens is 1. The minimum atomic E-state index is -0.350. The second kappa shape index (κ2) is 4.44. The van der Waals surface area contributed by atoms with Crippen molar-refractivity contribution in [2.24, 2.45) is 0 Å². The summed E-state index contributed by atoms with van der Waals surface area (Å²) in [6, 6.07) is 2.01. The lowest BCUT2D eigenvalue weighted by atomic mass is 10.1. The van der Waals surface area contributed by atoms with Gasteiger partial charge in [0.05, 0.1) is 6.10 Å². The van der Waals surface area contributed by atoms with Crippen molar-refractivity contribution < 1.29 is 5.11 Å². The summed E-state index contributed by atoms with van der Waals surface area (Å²) in [6.45, 7) is 4.83. The molecule has 0 saturated heterocycles. The minimum Gasteiger partial charge on any atom is -0.388 e. The Balaban J connectivity index is 2.64. The van der Waals surface area contributed by atoms with Crippen LogP contribution < -0.4 is 5.32 Å². The van der Waals surface area contributed by atoms with Crippen LogP contribution in [-0.4, -0.2) is 23.7 Å². The summed E-state index contributed by atoms with van der Waals surface area (Å²) >= 11 is 0. The lowest BCUT2D eigenvalue weighted by Crippen LogP contribution is -2.12. The number of rotatable bonds is 4. The molecule has 0 aromatic carbocycles. The van der Waals surface area contributed by atoms with E-state index in [4.69, 9.17) is 0 Å². The van der Waals surface area contributed by atoms with E-state index < -0.39 is 0 Å². The minimum absolute atomic E-state index is 0.350. The van der Waals surface area contributed by atoms with Gasteiger partial charge < -0.3 is 15.4 Å². The number of aliphatic hydroxyl groups excluding tert-OH is 1. The zero-order valence-electron chi connectivity index (χ0n) is 8.52. The quantitative estimate of drug-likeness (QED) is 0.657. The van der Waals surface area contributed by atoms with E-state index in [-0.39, 0.29) is 6.10 Å². The SMILES string of the molecule is CNCCC(O)c1cc(C)[nH]c1C. The fourth-order valence-electron chi connectivity index (χ4n) is 1.53. The first-order valence-electron chi connectivity index (χ1n) is 4.64. The zero-order valence-corrected chi connectivity index (χ0v) is 8.52. The highest BCUT2D eigenvalue weighted by Gasteiger charge is 2.11. The third-order valence-electron chi connectivity index (χ3n) is 2.22. The predicted octanol–water partition coefficient (Wildman–Crippen LogP) is 1.27. The Kier molecular flexibility index (Phi) is 3.51. The Bertz CT molecular complexity index is 268. The Labute approximate surface area is 79.2 Å². The highest BCUT2D eigenvalue weighted by Crippen LogP contribution is 2.20. The van der Waals surface area contributed by atoms with Gasteiger partial charge >= 0.3 is 0 Å². The smallest absolute Gasteiger partial charge is 0.0819 e. The van der Waals surface area contributed by atoms with Crippen molar-refractivity contribution >= 4 is 0 Å². The maximum atomic E-state index is 9.79. The molecule has 0 aliphatic carbocycles. The Morgan fingerprint density at radius 3 is 2.69 bits per heavy atom. The number of aliphatic hydroxyl groups is 1. The first-order valence-corrected chi connectivity index (χ1v) is 4.64. The van der Waals surface area contributed by atoms with Crippen molar-refractivity contribution in [3.8, 4) is 0 Å². The molecule has 1 aromatic rings. The summed E-state index contributed by atoms with van der Waals surface area (Å²) in [5, 5.41) is 12.8. The van der Waals surface area contributed by atoms with Gasteiger partial charge in [0.2, 0.25) is 0 Å². The maximum Gasteiger partial charge on any atom is 0.0819 e. The van der Waals surface area contributed by atoms with Crippen LogP contribution >= 0.6 is 0 Å². The summed E-state index contributed by atoms with van der Waals surface area (Å²) in [5.41, 5.74) is 3.20. The van der Waals surface area contributed by atoms with E-state index in [1.807, 2.05) is 27.0 Å². The zero-order chi connectivity index (χ0) is 9.84. The largest absolute Gasteiger partial charge is 0.388 e. The summed E-state index contributed by atoms with van der Waals surface area (Å²) in [4.78, 5) is 3.18. The Hall–Kier alpha value is -0.800. The van der Waals surface area contributed by atoms with Crippen molar-refractivity contribution in [2.45, 2.75) is 26.4 Å².